The lowest BCUT2D eigenvalue weighted by Crippen LogP contribution is -1.97. The van der Waals surface area contributed by atoms with Crippen LogP contribution >= 0.6 is 11.8 Å². The summed E-state index contributed by atoms with van der Waals surface area (Å²) in [6, 6.07) is 1.81. The third kappa shape index (κ3) is 2.04. The van der Waals surface area contributed by atoms with E-state index in [9.17, 15) is 4.21 Å². The highest BCUT2D eigenvalue weighted by molar-refractivity contribution is 7.98. The molecule has 0 aromatic carbocycles. The van der Waals surface area contributed by atoms with Crippen LogP contribution in [0.15, 0.2) is 16.1 Å². The third-order valence-corrected chi connectivity index (χ3v) is 2.98. The van der Waals surface area contributed by atoms with Crippen molar-refractivity contribution in [3.05, 3.63) is 11.6 Å². The smallest absolute Gasteiger partial charge is 0.149 e. The lowest BCUT2D eigenvalue weighted by Gasteiger charge is -2.00. The molecule has 0 aliphatic carbocycles. The Bertz CT molecular complexity index is 314. The average Bonchev–Trinajstić information content (AvgIpc) is 2.04. The molecule has 0 saturated heterocycles. The van der Waals surface area contributed by atoms with E-state index < -0.39 is 10.8 Å². The monoisotopic (exact) mass is 202 g/mol. The Labute approximate surface area is 78.4 Å². The molecule has 1 aromatic rings. The molecule has 1 atom stereocenters. The van der Waals surface area contributed by atoms with Crippen molar-refractivity contribution in [1.82, 2.24) is 10.2 Å². The Morgan fingerprint density at radius 2 is 2.17 bits per heavy atom. The molecule has 0 saturated carbocycles. The standard InChI is InChI=1S/C7H10N2OS2/c1-5-4-6(12(3)10)8-9-7(5)11-2/h4H,1-3H3. The van der Waals surface area contributed by atoms with Crippen molar-refractivity contribution in [3.8, 4) is 0 Å². The molecule has 0 aliphatic rings. The molecule has 0 radical (unpaired) electrons. The van der Waals surface area contributed by atoms with Gasteiger partial charge in [0.15, 0.2) is 0 Å². The second kappa shape index (κ2) is 4.00. The number of nitrogens with zero attached hydrogens (tertiary/aromatic N) is 2. The molecular formula is C7H10N2OS2. The zero-order valence-corrected chi connectivity index (χ0v) is 8.83. The molecule has 1 aromatic heterocycles. The first-order valence-corrected chi connectivity index (χ1v) is 6.15. The summed E-state index contributed by atoms with van der Waals surface area (Å²) >= 11 is 1.54. The van der Waals surface area contributed by atoms with Crippen molar-refractivity contribution in [1.29, 1.82) is 0 Å². The number of rotatable bonds is 2. The molecule has 3 nitrogen and oxygen atoms in total. The molecule has 0 amide bonds. The van der Waals surface area contributed by atoms with Crippen molar-refractivity contribution in [2.75, 3.05) is 12.5 Å². The van der Waals surface area contributed by atoms with Gasteiger partial charge in [-0.25, -0.2) is 0 Å². The van der Waals surface area contributed by atoms with Gasteiger partial charge in [-0.3, -0.25) is 4.21 Å². The predicted octanol–water partition coefficient (Wildman–Crippen LogP) is 1.24. The zero-order chi connectivity index (χ0) is 9.14. The third-order valence-electron chi connectivity index (χ3n) is 1.40. The van der Waals surface area contributed by atoms with Gasteiger partial charge in [0.25, 0.3) is 0 Å². The van der Waals surface area contributed by atoms with E-state index in [2.05, 4.69) is 10.2 Å². The van der Waals surface area contributed by atoms with Gasteiger partial charge in [0.1, 0.15) is 10.1 Å². The van der Waals surface area contributed by atoms with E-state index in [1.165, 1.54) is 0 Å². The summed E-state index contributed by atoms with van der Waals surface area (Å²) in [6.07, 6.45) is 3.54. The van der Waals surface area contributed by atoms with E-state index in [0.29, 0.717) is 5.03 Å². The summed E-state index contributed by atoms with van der Waals surface area (Å²) in [4.78, 5) is 0. The highest BCUT2D eigenvalue weighted by atomic mass is 32.2. The van der Waals surface area contributed by atoms with E-state index in [-0.39, 0.29) is 0 Å². The van der Waals surface area contributed by atoms with Crippen LogP contribution in [0.5, 0.6) is 0 Å². The summed E-state index contributed by atoms with van der Waals surface area (Å²) in [6.45, 7) is 1.94. The molecule has 0 N–H and O–H groups in total. The van der Waals surface area contributed by atoms with Crippen LogP contribution in [-0.4, -0.2) is 26.9 Å². The van der Waals surface area contributed by atoms with Crippen molar-refractivity contribution in [2.45, 2.75) is 17.0 Å². The van der Waals surface area contributed by atoms with Crippen molar-refractivity contribution in [3.63, 3.8) is 0 Å². The van der Waals surface area contributed by atoms with Crippen LogP contribution in [-0.2, 0) is 10.8 Å². The van der Waals surface area contributed by atoms with Crippen LogP contribution in [0.2, 0.25) is 0 Å². The minimum absolute atomic E-state index is 0.547. The topological polar surface area (TPSA) is 42.9 Å². The second-order valence-corrected chi connectivity index (χ2v) is 4.45. The minimum Gasteiger partial charge on any atom is -0.253 e. The molecule has 0 bridgehead atoms. The number of hydrogen-bond acceptors (Lipinski definition) is 4. The van der Waals surface area contributed by atoms with Crippen LogP contribution in [0.4, 0.5) is 0 Å². The van der Waals surface area contributed by atoms with Crippen molar-refractivity contribution < 1.29 is 4.21 Å². The van der Waals surface area contributed by atoms with Gasteiger partial charge in [0, 0.05) is 6.26 Å². The summed E-state index contributed by atoms with van der Waals surface area (Å²) < 4.78 is 11.0. The van der Waals surface area contributed by atoms with E-state index in [1.54, 1.807) is 18.0 Å². The van der Waals surface area contributed by atoms with Gasteiger partial charge in [0.05, 0.1) is 10.8 Å². The maximum atomic E-state index is 11.0. The molecular weight excluding hydrogens is 192 g/mol. The second-order valence-electron chi connectivity index (χ2n) is 2.33. The van der Waals surface area contributed by atoms with E-state index in [0.717, 1.165) is 10.6 Å². The van der Waals surface area contributed by atoms with Crippen molar-refractivity contribution >= 4 is 22.6 Å². The fraction of sp³-hybridized carbons (Fsp3) is 0.429. The first-order chi connectivity index (χ1) is 5.65. The predicted molar refractivity (Wildman–Crippen MR) is 50.9 cm³/mol. The molecule has 1 rings (SSSR count). The van der Waals surface area contributed by atoms with Crippen LogP contribution in [0.25, 0.3) is 0 Å². The first kappa shape index (κ1) is 9.67. The van der Waals surface area contributed by atoms with Crippen LogP contribution in [0.1, 0.15) is 5.56 Å². The summed E-state index contributed by atoms with van der Waals surface area (Å²) in [5.74, 6) is 0. The minimum atomic E-state index is -1.03. The number of hydrogen-bond donors (Lipinski definition) is 0. The highest BCUT2D eigenvalue weighted by Crippen LogP contribution is 2.16. The summed E-state index contributed by atoms with van der Waals surface area (Å²) in [7, 11) is -1.03. The van der Waals surface area contributed by atoms with E-state index >= 15 is 0 Å². The van der Waals surface area contributed by atoms with E-state index in [1.807, 2.05) is 19.2 Å². The first-order valence-electron chi connectivity index (χ1n) is 3.37. The number of aromatic nitrogens is 2. The van der Waals surface area contributed by atoms with Gasteiger partial charge in [-0.05, 0) is 24.8 Å². The molecule has 66 valence electrons. The van der Waals surface area contributed by atoms with Gasteiger partial charge in [-0.15, -0.1) is 22.0 Å². The van der Waals surface area contributed by atoms with E-state index in [4.69, 9.17) is 0 Å². The maximum Gasteiger partial charge on any atom is 0.149 e. The highest BCUT2D eigenvalue weighted by Gasteiger charge is 2.04. The fourth-order valence-corrected chi connectivity index (χ4v) is 1.79. The molecule has 5 heteroatoms. The van der Waals surface area contributed by atoms with Gasteiger partial charge >= 0.3 is 0 Å². The van der Waals surface area contributed by atoms with Gasteiger partial charge in [-0.2, -0.15) is 0 Å². The van der Waals surface area contributed by atoms with Crippen LogP contribution in [0, 0.1) is 6.92 Å². The fourth-order valence-electron chi connectivity index (χ4n) is 0.792. The van der Waals surface area contributed by atoms with Gasteiger partial charge in [-0.1, -0.05) is 0 Å². The Morgan fingerprint density at radius 3 is 2.58 bits per heavy atom. The number of thioether (sulfide) groups is 1. The Kier molecular flexibility index (Phi) is 3.22. The largest absolute Gasteiger partial charge is 0.253 e. The Hall–Kier alpha value is -0.420. The molecule has 0 fully saturated rings. The van der Waals surface area contributed by atoms with Crippen molar-refractivity contribution in [2.24, 2.45) is 0 Å². The van der Waals surface area contributed by atoms with Crippen LogP contribution in [0.3, 0.4) is 0 Å². The quantitative estimate of drug-likeness (QED) is 0.677. The Balaban J connectivity index is 3.10. The maximum absolute atomic E-state index is 11.0. The molecule has 12 heavy (non-hydrogen) atoms. The molecule has 1 unspecified atom stereocenters. The average molecular weight is 202 g/mol. The Morgan fingerprint density at radius 1 is 1.50 bits per heavy atom. The normalized spacial score (nSPS) is 12.9. The zero-order valence-electron chi connectivity index (χ0n) is 7.20. The SMILES string of the molecule is CSc1nnc(S(C)=O)cc1C. The molecule has 0 spiro atoms. The van der Waals surface area contributed by atoms with Gasteiger partial charge in [0.2, 0.25) is 0 Å². The van der Waals surface area contributed by atoms with Gasteiger partial charge < -0.3 is 0 Å². The van der Waals surface area contributed by atoms with Crippen LogP contribution < -0.4 is 0 Å². The summed E-state index contributed by atoms with van der Waals surface area (Å²) in [5, 5.41) is 9.22. The summed E-state index contributed by atoms with van der Waals surface area (Å²) in [5.41, 5.74) is 1.03. The lowest BCUT2D eigenvalue weighted by molar-refractivity contribution is 0.679. The molecule has 1 heterocycles. The number of aryl methyl sites for hydroxylation is 1. The lowest BCUT2D eigenvalue weighted by atomic mass is 10.4. The molecule has 0 aliphatic heterocycles.